The number of hydrogen-bond acceptors (Lipinski definition) is 8. The Morgan fingerprint density at radius 2 is 1.79 bits per heavy atom. The number of hydrogen-bond donors (Lipinski definition) is 2. The number of thioether (sulfide) groups is 1. The number of nitrogens with zero attached hydrogens (tertiary/aromatic N) is 3. The van der Waals surface area contributed by atoms with Gasteiger partial charge in [0.25, 0.3) is 5.91 Å². The molecule has 34 heavy (non-hydrogen) atoms. The largest absolute Gasteiger partial charge is 0.325 e. The molecular weight excluding hydrogens is 494 g/mol. The van der Waals surface area contributed by atoms with Gasteiger partial charge in [0.05, 0.1) is 10.6 Å². The second kappa shape index (κ2) is 10.6. The van der Waals surface area contributed by atoms with E-state index in [2.05, 4.69) is 20.8 Å². The number of sulfonamides is 1. The number of aryl methyl sites for hydroxylation is 1. The molecule has 0 aliphatic carbocycles. The average molecular weight is 518 g/mol. The number of aromatic nitrogens is 2. The highest BCUT2D eigenvalue weighted by Crippen LogP contribution is 2.26. The van der Waals surface area contributed by atoms with Gasteiger partial charge in [0.1, 0.15) is 0 Å². The summed E-state index contributed by atoms with van der Waals surface area (Å²) in [4.78, 5) is 24.9. The zero-order valence-corrected chi connectivity index (χ0v) is 20.8. The van der Waals surface area contributed by atoms with E-state index in [9.17, 15) is 18.0 Å². The normalized spacial score (nSPS) is 14.1. The summed E-state index contributed by atoms with van der Waals surface area (Å²) in [5.74, 6) is -0.431. The molecule has 3 aromatic rings. The number of carbonyl (C=O) groups is 2. The summed E-state index contributed by atoms with van der Waals surface area (Å²) in [6.45, 7) is 3.00. The van der Waals surface area contributed by atoms with Crippen LogP contribution >= 0.6 is 23.1 Å². The molecule has 0 saturated carbocycles. The lowest BCUT2D eigenvalue weighted by Crippen LogP contribution is -2.27. The first-order valence-electron chi connectivity index (χ1n) is 10.6. The van der Waals surface area contributed by atoms with E-state index in [1.165, 1.54) is 40.3 Å². The molecule has 4 rings (SSSR count). The summed E-state index contributed by atoms with van der Waals surface area (Å²) in [5, 5.41) is 13.7. The van der Waals surface area contributed by atoms with Gasteiger partial charge in [-0.3, -0.25) is 14.9 Å². The monoisotopic (exact) mass is 517 g/mol. The first kappa shape index (κ1) is 24.3. The Bertz CT molecular complexity index is 1290. The van der Waals surface area contributed by atoms with Gasteiger partial charge in [-0.25, -0.2) is 8.42 Å². The quantitative estimate of drug-likeness (QED) is 0.346. The number of carbonyl (C=O) groups excluding carboxylic acids is 2. The van der Waals surface area contributed by atoms with E-state index in [0.29, 0.717) is 28.1 Å². The molecule has 2 aromatic carbocycles. The third kappa shape index (κ3) is 6.00. The standard InChI is InChI=1S/C22H23N5O4S3/c1-15-5-4-6-17(13-15)23-19(28)14-32-22-26-25-21(33-22)24-20(29)16-7-9-18(10-8-16)34(30,31)27-11-2-3-12-27/h4-10,13H,2-3,11-12,14H2,1H3,(H,23,28)(H,24,25,29). The fourth-order valence-corrected chi connectivity index (χ4v) is 6.45. The van der Waals surface area contributed by atoms with Crippen LogP contribution in [0.15, 0.2) is 57.8 Å². The van der Waals surface area contributed by atoms with Crippen LogP contribution in [0.4, 0.5) is 10.8 Å². The number of rotatable bonds is 8. The van der Waals surface area contributed by atoms with Gasteiger partial charge in [-0.1, -0.05) is 35.2 Å². The van der Waals surface area contributed by atoms with Crippen molar-refractivity contribution in [3.8, 4) is 0 Å². The van der Waals surface area contributed by atoms with Crippen LogP contribution in [-0.4, -0.2) is 53.6 Å². The van der Waals surface area contributed by atoms with Gasteiger partial charge in [0.2, 0.25) is 21.1 Å². The predicted molar refractivity (Wildman–Crippen MR) is 133 cm³/mol. The van der Waals surface area contributed by atoms with Crippen LogP contribution in [0.25, 0.3) is 0 Å². The minimum absolute atomic E-state index is 0.156. The van der Waals surface area contributed by atoms with Crippen molar-refractivity contribution >= 4 is 55.8 Å². The third-order valence-electron chi connectivity index (χ3n) is 5.07. The van der Waals surface area contributed by atoms with Crippen LogP contribution in [0.5, 0.6) is 0 Å². The lowest BCUT2D eigenvalue weighted by molar-refractivity contribution is -0.113. The first-order chi connectivity index (χ1) is 16.3. The maximum Gasteiger partial charge on any atom is 0.257 e. The highest BCUT2D eigenvalue weighted by molar-refractivity contribution is 8.01. The Morgan fingerprint density at radius 3 is 2.50 bits per heavy atom. The van der Waals surface area contributed by atoms with Crippen molar-refractivity contribution in [2.24, 2.45) is 0 Å². The van der Waals surface area contributed by atoms with Crippen LogP contribution in [0.3, 0.4) is 0 Å². The molecule has 178 valence electrons. The smallest absolute Gasteiger partial charge is 0.257 e. The van der Waals surface area contributed by atoms with E-state index >= 15 is 0 Å². The Balaban J connectivity index is 1.30. The van der Waals surface area contributed by atoms with Gasteiger partial charge in [-0.2, -0.15) is 4.31 Å². The van der Waals surface area contributed by atoms with Crippen molar-refractivity contribution in [2.45, 2.75) is 29.0 Å². The molecule has 1 saturated heterocycles. The fourth-order valence-electron chi connectivity index (χ4n) is 3.39. The molecule has 9 nitrogen and oxygen atoms in total. The summed E-state index contributed by atoms with van der Waals surface area (Å²) in [5.41, 5.74) is 2.09. The van der Waals surface area contributed by atoms with E-state index in [1.54, 1.807) is 0 Å². The molecule has 0 spiro atoms. The third-order valence-corrected chi connectivity index (χ3v) is 8.96. The molecule has 1 aromatic heterocycles. The van der Waals surface area contributed by atoms with E-state index in [0.717, 1.165) is 35.4 Å². The van der Waals surface area contributed by atoms with Gasteiger partial charge < -0.3 is 5.32 Å². The molecule has 0 radical (unpaired) electrons. The molecule has 12 heteroatoms. The van der Waals surface area contributed by atoms with Crippen molar-refractivity contribution in [3.63, 3.8) is 0 Å². The van der Waals surface area contributed by atoms with Crippen LogP contribution in [0.2, 0.25) is 0 Å². The number of nitrogens with one attached hydrogen (secondary N) is 2. The average Bonchev–Trinajstić information content (AvgIpc) is 3.51. The lowest BCUT2D eigenvalue weighted by atomic mass is 10.2. The molecule has 1 aliphatic heterocycles. The van der Waals surface area contributed by atoms with Gasteiger partial charge >= 0.3 is 0 Å². The highest BCUT2D eigenvalue weighted by Gasteiger charge is 2.27. The minimum atomic E-state index is -3.53. The zero-order chi connectivity index (χ0) is 24.1. The summed E-state index contributed by atoms with van der Waals surface area (Å²) in [7, 11) is -3.53. The van der Waals surface area contributed by atoms with Crippen molar-refractivity contribution in [2.75, 3.05) is 29.5 Å². The van der Waals surface area contributed by atoms with E-state index in [4.69, 9.17) is 0 Å². The molecule has 0 bridgehead atoms. The number of benzene rings is 2. The lowest BCUT2D eigenvalue weighted by Gasteiger charge is -2.15. The maximum atomic E-state index is 12.6. The first-order valence-corrected chi connectivity index (χ1v) is 13.8. The van der Waals surface area contributed by atoms with Crippen molar-refractivity contribution in [1.82, 2.24) is 14.5 Å². The zero-order valence-electron chi connectivity index (χ0n) is 18.4. The van der Waals surface area contributed by atoms with Gasteiger partial charge in [-0.05, 0) is 61.7 Å². The number of anilines is 2. The van der Waals surface area contributed by atoms with Crippen LogP contribution < -0.4 is 10.6 Å². The van der Waals surface area contributed by atoms with Crippen LogP contribution in [0, 0.1) is 6.92 Å². The Morgan fingerprint density at radius 1 is 1.06 bits per heavy atom. The van der Waals surface area contributed by atoms with Gasteiger partial charge in [-0.15, -0.1) is 10.2 Å². The highest BCUT2D eigenvalue weighted by atomic mass is 32.2. The molecule has 2 N–H and O–H groups in total. The molecular formula is C22H23N5O4S3. The Hall–Kier alpha value is -2.80. The Labute approximate surface area is 206 Å². The fraction of sp³-hybridized carbons (Fsp3) is 0.273. The molecule has 1 fully saturated rings. The van der Waals surface area contributed by atoms with E-state index < -0.39 is 15.9 Å². The molecule has 2 heterocycles. The topological polar surface area (TPSA) is 121 Å². The van der Waals surface area contributed by atoms with Gasteiger partial charge in [0.15, 0.2) is 4.34 Å². The SMILES string of the molecule is Cc1cccc(NC(=O)CSc2nnc(NC(=O)c3ccc(S(=O)(=O)N4CCCC4)cc3)s2)c1. The summed E-state index contributed by atoms with van der Waals surface area (Å²) >= 11 is 2.38. The van der Waals surface area contributed by atoms with Crippen LogP contribution in [0.1, 0.15) is 28.8 Å². The number of amides is 2. The summed E-state index contributed by atoms with van der Waals surface area (Å²) in [6, 6.07) is 13.4. The molecule has 1 aliphatic rings. The van der Waals surface area contributed by atoms with Crippen molar-refractivity contribution < 1.29 is 18.0 Å². The maximum absolute atomic E-state index is 12.6. The van der Waals surface area contributed by atoms with Crippen molar-refractivity contribution in [1.29, 1.82) is 0 Å². The molecule has 0 atom stereocenters. The minimum Gasteiger partial charge on any atom is -0.325 e. The predicted octanol–water partition coefficient (Wildman–Crippen LogP) is 3.61. The van der Waals surface area contributed by atoms with Crippen LogP contribution in [-0.2, 0) is 14.8 Å². The molecule has 0 unspecified atom stereocenters. The summed E-state index contributed by atoms with van der Waals surface area (Å²) < 4.78 is 27.2. The van der Waals surface area contributed by atoms with E-state index in [-0.39, 0.29) is 16.6 Å². The van der Waals surface area contributed by atoms with E-state index in [1.807, 2.05) is 31.2 Å². The Kier molecular flexibility index (Phi) is 7.61. The van der Waals surface area contributed by atoms with Gasteiger partial charge in [0, 0.05) is 24.3 Å². The summed E-state index contributed by atoms with van der Waals surface area (Å²) in [6.07, 6.45) is 1.72. The second-order valence-electron chi connectivity index (χ2n) is 7.67. The second-order valence-corrected chi connectivity index (χ2v) is 11.8. The van der Waals surface area contributed by atoms with Crippen molar-refractivity contribution in [3.05, 3.63) is 59.7 Å². The molecule has 2 amide bonds.